The Kier molecular flexibility index (Phi) is 4.58. The Morgan fingerprint density at radius 1 is 1.10 bits per heavy atom. The Morgan fingerprint density at radius 3 is 2.55 bits per heavy atom. The van der Waals surface area contributed by atoms with Crippen LogP contribution in [0.4, 0.5) is 5.69 Å². The zero-order valence-corrected chi connectivity index (χ0v) is 12.6. The van der Waals surface area contributed by atoms with Crippen molar-refractivity contribution in [2.24, 2.45) is 0 Å². The lowest BCUT2D eigenvalue weighted by Crippen LogP contribution is -2.47. The fourth-order valence-electron chi connectivity index (χ4n) is 3.14. The second-order valence-electron chi connectivity index (χ2n) is 6.06. The molecule has 110 valence electrons. The van der Waals surface area contributed by atoms with Gasteiger partial charge in [-0.3, -0.25) is 4.90 Å². The van der Waals surface area contributed by atoms with Crippen LogP contribution in [0.25, 0.3) is 0 Å². The van der Waals surface area contributed by atoms with Gasteiger partial charge in [0.05, 0.1) is 0 Å². The fourth-order valence-corrected chi connectivity index (χ4v) is 3.14. The summed E-state index contributed by atoms with van der Waals surface area (Å²) < 4.78 is 0. The number of hydrogen-bond acceptors (Lipinski definition) is 3. The number of anilines is 1. The van der Waals surface area contributed by atoms with Crippen molar-refractivity contribution in [3.63, 3.8) is 0 Å². The van der Waals surface area contributed by atoms with Crippen molar-refractivity contribution < 1.29 is 0 Å². The Bertz CT molecular complexity index is 420. The summed E-state index contributed by atoms with van der Waals surface area (Å²) in [4.78, 5) is 5.25. The second-order valence-corrected chi connectivity index (χ2v) is 6.06. The number of hydrogen-bond donors (Lipinski definition) is 1. The van der Waals surface area contributed by atoms with Crippen molar-refractivity contribution in [1.82, 2.24) is 10.2 Å². The van der Waals surface area contributed by atoms with Crippen LogP contribution in [0.3, 0.4) is 0 Å². The molecule has 2 fully saturated rings. The average molecular weight is 273 g/mol. The van der Waals surface area contributed by atoms with Crippen molar-refractivity contribution in [1.29, 1.82) is 0 Å². The first-order chi connectivity index (χ1) is 9.88. The highest BCUT2D eigenvalue weighted by Gasteiger charge is 2.31. The molecule has 0 spiro atoms. The van der Waals surface area contributed by atoms with Gasteiger partial charge in [0.15, 0.2) is 0 Å². The first kappa shape index (κ1) is 13.9. The van der Waals surface area contributed by atoms with Crippen molar-refractivity contribution in [2.45, 2.75) is 38.8 Å². The van der Waals surface area contributed by atoms with Gasteiger partial charge < -0.3 is 10.2 Å². The smallest absolute Gasteiger partial charge is 0.0412 e. The molecule has 3 nitrogen and oxygen atoms in total. The normalized spacial score (nSPS) is 20.4. The zero-order chi connectivity index (χ0) is 13.8. The Hall–Kier alpha value is -1.06. The summed E-state index contributed by atoms with van der Waals surface area (Å²) >= 11 is 0. The van der Waals surface area contributed by atoms with E-state index in [9.17, 15) is 0 Å². The van der Waals surface area contributed by atoms with Gasteiger partial charge in [0, 0.05) is 44.5 Å². The van der Waals surface area contributed by atoms with E-state index in [0.29, 0.717) is 0 Å². The molecule has 1 aliphatic heterocycles. The minimum atomic E-state index is 0.915. The van der Waals surface area contributed by atoms with Crippen LogP contribution in [-0.4, -0.2) is 43.7 Å². The van der Waals surface area contributed by atoms with Crippen LogP contribution in [-0.2, 0) is 6.54 Å². The maximum absolute atomic E-state index is 3.53. The molecule has 0 radical (unpaired) electrons. The SMILES string of the molecule is CCCNCc1ccccc1N1CCN(C2CC2)CC1. The van der Waals surface area contributed by atoms with Gasteiger partial charge in [-0.05, 0) is 37.4 Å². The van der Waals surface area contributed by atoms with E-state index in [4.69, 9.17) is 0 Å². The first-order valence-corrected chi connectivity index (χ1v) is 8.16. The molecule has 1 saturated carbocycles. The predicted octanol–water partition coefficient (Wildman–Crippen LogP) is 2.47. The van der Waals surface area contributed by atoms with E-state index in [1.54, 1.807) is 0 Å². The molecule has 0 aromatic heterocycles. The van der Waals surface area contributed by atoms with Crippen LogP contribution < -0.4 is 10.2 Å². The summed E-state index contributed by atoms with van der Waals surface area (Å²) in [6.07, 6.45) is 4.05. The molecule has 1 heterocycles. The van der Waals surface area contributed by atoms with Gasteiger partial charge >= 0.3 is 0 Å². The zero-order valence-electron chi connectivity index (χ0n) is 12.6. The minimum Gasteiger partial charge on any atom is -0.369 e. The topological polar surface area (TPSA) is 18.5 Å². The molecule has 1 saturated heterocycles. The van der Waals surface area contributed by atoms with Gasteiger partial charge in [-0.25, -0.2) is 0 Å². The Morgan fingerprint density at radius 2 is 1.85 bits per heavy atom. The summed E-state index contributed by atoms with van der Waals surface area (Å²) in [6, 6.07) is 9.80. The molecule has 0 unspecified atom stereocenters. The van der Waals surface area contributed by atoms with Crippen molar-refractivity contribution in [3.8, 4) is 0 Å². The van der Waals surface area contributed by atoms with E-state index in [1.807, 2.05) is 0 Å². The molecule has 1 aromatic carbocycles. The molecule has 2 aliphatic rings. The first-order valence-electron chi connectivity index (χ1n) is 8.16. The molecule has 20 heavy (non-hydrogen) atoms. The largest absolute Gasteiger partial charge is 0.369 e. The predicted molar refractivity (Wildman–Crippen MR) is 85.2 cm³/mol. The Labute approximate surface area is 123 Å². The summed E-state index contributed by atoms with van der Waals surface area (Å²) in [5.41, 5.74) is 2.88. The highest BCUT2D eigenvalue weighted by atomic mass is 15.3. The lowest BCUT2D eigenvalue weighted by atomic mass is 10.1. The number of nitrogens with one attached hydrogen (secondary N) is 1. The number of para-hydroxylation sites is 1. The van der Waals surface area contributed by atoms with Crippen LogP contribution in [0, 0.1) is 0 Å². The van der Waals surface area contributed by atoms with Crippen LogP contribution in [0.5, 0.6) is 0 Å². The van der Waals surface area contributed by atoms with Gasteiger partial charge in [-0.2, -0.15) is 0 Å². The number of rotatable bonds is 6. The molecule has 1 N–H and O–H groups in total. The van der Waals surface area contributed by atoms with E-state index in [-0.39, 0.29) is 0 Å². The quantitative estimate of drug-likeness (QED) is 0.803. The van der Waals surface area contributed by atoms with E-state index in [1.165, 1.54) is 56.7 Å². The lowest BCUT2D eigenvalue weighted by molar-refractivity contribution is 0.248. The monoisotopic (exact) mass is 273 g/mol. The van der Waals surface area contributed by atoms with Gasteiger partial charge in [0.1, 0.15) is 0 Å². The molecule has 0 bridgehead atoms. The molecule has 0 atom stereocenters. The van der Waals surface area contributed by atoms with E-state index in [2.05, 4.69) is 46.3 Å². The van der Waals surface area contributed by atoms with Crippen LogP contribution in [0.1, 0.15) is 31.7 Å². The van der Waals surface area contributed by atoms with Crippen molar-refractivity contribution >= 4 is 5.69 Å². The lowest BCUT2D eigenvalue weighted by Gasteiger charge is -2.37. The minimum absolute atomic E-state index is 0.915. The Balaban J connectivity index is 1.61. The molecule has 3 heteroatoms. The van der Waals surface area contributed by atoms with Crippen LogP contribution >= 0.6 is 0 Å². The van der Waals surface area contributed by atoms with E-state index >= 15 is 0 Å². The van der Waals surface area contributed by atoms with Crippen LogP contribution in [0.2, 0.25) is 0 Å². The van der Waals surface area contributed by atoms with Crippen molar-refractivity contribution in [3.05, 3.63) is 29.8 Å². The summed E-state index contributed by atoms with van der Waals surface area (Å²) in [5.74, 6) is 0. The summed E-state index contributed by atoms with van der Waals surface area (Å²) in [6.45, 7) is 9.15. The highest BCUT2D eigenvalue weighted by Crippen LogP contribution is 2.29. The molecule has 0 amide bonds. The maximum atomic E-state index is 3.53. The summed E-state index contributed by atoms with van der Waals surface area (Å²) in [5, 5.41) is 3.53. The maximum Gasteiger partial charge on any atom is 0.0412 e. The average Bonchev–Trinajstić information content (AvgIpc) is 3.33. The van der Waals surface area contributed by atoms with Gasteiger partial charge in [0.2, 0.25) is 0 Å². The molecular formula is C17H27N3. The standard InChI is InChI=1S/C17H27N3/c1-2-9-18-14-15-5-3-4-6-17(15)20-12-10-19(11-13-20)16-7-8-16/h3-6,16,18H,2,7-14H2,1H3. The van der Waals surface area contributed by atoms with Gasteiger partial charge in [0.25, 0.3) is 0 Å². The third kappa shape index (κ3) is 3.33. The van der Waals surface area contributed by atoms with Crippen LogP contribution in [0.15, 0.2) is 24.3 Å². The van der Waals surface area contributed by atoms with Gasteiger partial charge in [-0.1, -0.05) is 25.1 Å². The number of piperazine rings is 1. The van der Waals surface area contributed by atoms with E-state index < -0.39 is 0 Å². The molecule has 1 aliphatic carbocycles. The number of nitrogens with zero attached hydrogens (tertiary/aromatic N) is 2. The number of benzene rings is 1. The van der Waals surface area contributed by atoms with Crippen molar-refractivity contribution in [2.75, 3.05) is 37.6 Å². The fraction of sp³-hybridized carbons (Fsp3) is 0.647. The van der Waals surface area contributed by atoms with E-state index in [0.717, 1.165) is 19.1 Å². The molecular weight excluding hydrogens is 246 g/mol. The molecule has 1 aromatic rings. The summed E-state index contributed by atoms with van der Waals surface area (Å²) in [7, 11) is 0. The van der Waals surface area contributed by atoms with Gasteiger partial charge in [-0.15, -0.1) is 0 Å². The third-order valence-corrected chi connectivity index (χ3v) is 4.45. The third-order valence-electron chi connectivity index (χ3n) is 4.45. The highest BCUT2D eigenvalue weighted by molar-refractivity contribution is 5.54. The molecule has 3 rings (SSSR count). The second kappa shape index (κ2) is 6.59.